The van der Waals surface area contributed by atoms with E-state index in [-0.39, 0.29) is 6.61 Å². The number of amides is 1. The second kappa shape index (κ2) is 5.92. The largest absolute Gasteiger partial charge is 0.489 e. The molecule has 2 rings (SSSR count). The third kappa shape index (κ3) is 3.48. The van der Waals surface area contributed by atoms with Crippen LogP contribution in [0.4, 0.5) is 10.1 Å². The molecule has 2 aromatic carbocycles. The molecule has 0 unspecified atom stereocenters. The fourth-order valence-electron chi connectivity index (χ4n) is 1.65. The lowest BCUT2D eigenvalue weighted by Crippen LogP contribution is -2.12. The molecule has 0 aliphatic heterocycles. The molecule has 0 fully saturated rings. The van der Waals surface area contributed by atoms with E-state index in [9.17, 15) is 9.18 Å². The van der Waals surface area contributed by atoms with Gasteiger partial charge >= 0.3 is 0 Å². The number of ether oxygens (including phenoxy) is 1. The van der Waals surface area contributed by atoms with Crippen molar-refractivity contribution in [2.45, 2.75) is 6.61 Å². The lowest BCUT2D eigenvalue weighted by Gasteiger charge is -2.10. The maximum Gasteiger partial charge on any atom is 0.248 e. The van der Waals surface area contributed by atoms with E-state index in [1.807, 2.05) is 0 Å². The number of carbonyl (C=O) groups excluding carboxylic acids is 1. The Balaban J connectivity index is 2.12. The highest BCUT2D eigenvalue weighted by Gasteiger charge is 2.06. The topological polar surface area (TPSA) is 78.3 Å². The van der Waals surface area contributed by atoms with Gasteiger partial charge in [0.2, 0.25) is 5.91 Å². The molecule has 0 spiro atoms. The maximum atomic E-state index is 13.2. The standard InChI is InChI=1S/C14H12BrFN2O2/c15-10-4-11(16)6-12(5-10)20-7-9-2-1-8(14(18)19)3-13(9)17/h1-6H,7,17H2,(H2,18,19). The average molecular weight is 339 g/mol. The number of rotatable bonds is 4. The Labute approximate surface area is 123 Å². The Morgan fingerprint density at radius 2 is 2.00 bits per heavy atom. The maximum absolute atomic E-state index is 13.2. The first-order valence-corrected chi connectivity index (χ1v) is 6.52. The van der Waals surface area contributed by atoms with Gasteiger partial charge in [-0.3, -0.25) is 4.79 Å². The molecule has 0 aliphatic carbocycles. The van der Waals surface area contributed by atoms with Crippen LogP contribution in [-0.4, -0.2) is 5.91 Å². The molecule has 0 atom stereocenters. The van der Waals surface area contributed by atoms with Crippen LogP contribution in [0.25, 0.3) is 0 Å². The van der Waals surface area contributed by atoms with Gasteiger partial charge < -0.3 is 16.2 Å². The number of nitrogens with two attached hydrogens (primary N) is 2. The van der Waals surface area contributed by atoms with Crippen LogP contribution in [-0.2, 0) is 6.61 Å². The first-order valence-electron chi connectivity index (χ1n) is 5.73. The molecule has 4 nitrogen and oxygen atoms in total. The molecule has 0 bridgehead atoms. The molecule has 0 heterocycles. The van der Waals surface area contributed by atoms with E-state index in [0.717, 1.165) is 0 Å². The minimum absolute atomic E-state index is 0.167. The number of hydrogen-bond acceptors (Lipinski definition) is 3. The van der Waals surface area contributed by atoms with Gasteiger partial charge in [-0.25, -0.2) is 4.39 Å². The summed E-state index contributed by atoms with van der Waals surface area (Å²) >= 11 is 3.18. The van der Waals surface area contributed by atoms with Crippen LogP contribution < -0.4 is 16.2 Å². The van der Waals surface area contributed by atoms with E-state index < -0.39 is 11.7 Å². The average Bonchev–Trinajstić information content (AvgIpc) is 2.36. The minimum Gasteiger partial charge on any atom is -0.489 e. The summed E-state index contributed by atoms with van der Waals surface area (Å²) in [6.45, 7) is 0.167. The summed E-state index contributed by atoms with van der Waals surface area (Å²) in [4.78, 5) is 11.0. The van der Waals surface area contributed by atoms with Crippen molar-refractivity contribution in [1.29, 1.82) is 0 Å². The molecule has 0 aromatic heterocycles. The molecule has 20 heavy (non-hydrogen) atoms. The number of primary amides is 1. The van der Waals surface area contributed by atoms with Crippen LogP contribution in [0.5, 0.6) is 5.75 Å². The summed E-state index contributed by atoms with van der Waals surface area (Å²) in [5, 5.41) is 0. The van der Waals surface area contributed by atoms with Crippen LogP contribution >= 0.6 is 15.9 Å². The van der Waals surface area contributed by atoms with E-state index in [1.54, 1.807) is 18.2 Å². The Hall–Kier alpha value is -2.08. The molecule has 6 heteroatoms. The Morgan fingerprint density at radius 3 is 2.60 bits per heavy atom. The highest BCUT2D eigenvalue weighted by molar-refractivity contribution is 9.10. The molecule has 0 saturated carbocycles. The van der Waals surface area contributed by atoms with Gasteiger partial charge in [0.25, 0.3) is 0 Å². The van der Waals surface area contributed by atoms with Crippen molar-refractivity contribution in [2.75, 3.05) is 5.73 Å². The van der Waals surface area contributed by atoms with Gasteiger partial charge in [0.05, 0.1) is 0 Å². The van der Waals surface area contributed by atoms with Gasteiger partial charge in [-0.2, -0.15) is 0 Å². The highest BCUT2D eigenvalue weighted by Crippen LogP contribution is 2.23. The highest BCUT2D eigenvalue weighted by atomic mass is 79.9. The summed E-state index contributed by atoms with van der Waals surface area (Å²) in [7, 11) is 0. The van der Waals surface area contributed by atoms with Gasteiger partial charge in [0, 0.05) is 27.4 Å². The number of halogens is 2. The predicted molar refractivity (Wildman–Crippen MR) is 77.8 cm³/mol. The summed E-state index contributed by atoms with van der Waals surface area (Å²) in [6.07, 6.45) is 0. The van der Waals surface area contributed by atoms with Gasteiger partial charge in [-0.05, 0) is 24.3 Å². The number of hydrogen-bond donors (Lipinski definition) is 2. The van der Waals surface area contributed by atoms with Crippen molar-refractivity contribution >= 4 is 27.5 Å². The number of benzene rings is 2. The van der Waals surface area contributed by atoms with Crippen molar-refractivity contribution in [3.63, 3.8) is 0 Å². The quantitative estimate of drug-likeness (QED) is 0.841. The van der Waals surface area contributed by atoms with E-state index >= 15 is 0 Å². The van der Waals surface area contributed by atoms with Crippen LogP contribution in [0.1, 0.15) is 15.9 Å². The van der Waals surface area contributed by atoms with Crippen LogP contribution in [0.15, 0.2) is 40.9 Å². The summed E-state index contributed by atoms with van der Waals surface area (Å²) in [5.74, 6) is -0.556. The number of nitrogen functional groups attached to an aromatic ring is 1. The van der Waals surface area contributed by atoms with Gasteiger partial charge in [-0.1, -0.05) is 22.0 Å². The zero-order chi connectivity index (χ0) is 14.7. The van der Waals surface area contributed by atoms with Gasteiger partial charge in [0.15, 0.2) is 0 Å². The second-order valence-electron chi connectivity index (χ2n) is 4.17. The van der Waals surface area contributed by atoms with Crippen molar-refractivity contribution in [3.05, 3.63) is 57.8 Å². The molecule has 2 aromatic rings. The minimum atomic E-state index is -0.543. The summed E-state index contributed by atoms with van der Waals surface area (Å²) < 4.78 is 19.2. The van der Waals surface area contributed by atoms with Crippen LogP contribution in [0.2, 0.25) is 0 Å². The Bertz CT molecular complexity index is 641. The molecular weight excluding hydrogens is 327 g/mol. The molecule has 0 saturated heterocycles. The van der Waals surface area contributed by atoms with Crippen molar-refractivity contribution in [2.24, 2.45) is 5.73 Å². The van der Waals surface area contributed by atoms with Gasteiger partial charge in [0.1, 0.15) is 18.2 Å². The zero-order valence-electron chi connectivity index (χ0n) is 10.4. The number of anilines is 1. The normalized spacial score (nSPS) is 10.3. The molecule has 0 radical (unpaired) electrons. The first kappa shape index (κ1) is 14.3. The Kier molecular flexibility index (Phi) is 4.24. The lowest BCUT2D eigenvalue weighted by molar-refractivity contribution is 0.100. The molecule has 1 amide bonds. The molecule has 0 aliphatic rings. The fourth-order valence-corrected chi connectivity index (χ4v) is 2.10. The van der Waals surface area contributed by atoms with Crippen molar-refractivity contribution in [1.82, 2.24) is 0 Å². The first-order chi connectivity index (χ1) is 9.45. The van der Waals surface area contributed by atoms with E-state index in [4.69, 9.17) is 16.2 Å². The second-order valence-corrected chi connectivity index (χ2v) is 5.09. The SMILES string of the molecule is NC(=O)c1ccc(COc2cc(F)cc(Br)c2)c(N)c1. The predicted octanol–water partition coefficient (Wildman–Crippen LogP) is 2.85. The zero-order valence-corrected chi connectivity index (χ0v) is 12.0. The van der Waals surface area contributed by atoms with Crippen molar-refractivity contribution in [3.8, 4) is 5.75 Å². The van der Waals surface area contributed by atoms with Crippen LogP contribution in [0, 0.1) is 5.82 Å². The molecular formula is C14H12BrFN2O2. The summed E-state index contributed by atoms with van der Waals surface area (Å²) in [6, 6.07) is 8.98. The lowest BCUT2D eigenvalue weighted by atomic mass is 10.1. The number of carbonyl (C=O) groups is 1. The van der Waals surface area contributed by atoms with E-state index in [1.165, 1.54) is 18.2 Å². The van der Waals surface area contributed by atoms with E-state index in [0.29, 0.717) is 27.0 Å². The smallest absolute Gasteiger partial charge is 0.248 e. The van der Waals surface area contributed by atoms with Gasteiger partial charge in [-0.15, -0.1) is 0 Å². The fraction of sp³-hybridized carbons (Fsp3) is 0.0714. The summed E-state index contributed by atoms with van der Waals surface area (Å²) in [5.41, 5.74) is 12.4. The third-order valence-corrected chi connectivity index (χ3v) is 3.12. The molecule has 4 N–H and O–H groups in total. The van der Waals surface area contributed by atoms with E-state index in [2.05, 4.69) is 15.9 Å². The Morgan fingerprint density at radius 1 is 1.25 bits per heavy atom. The van der Waals surface area contributed by atoms with Crippen molar-refractivity contribution < 1.29 is 13.9 Å². The van der Waals surface area contributed by atoms with Crippen LogP contribution in [0.3, 0.4) is 0 Å². The monoisotopic (exact) mass is 338 g/mol. The molecule has 104 valence electrons. The third-order valence-electron chi connectivity index (χ3n) is 2.66.